The van der Waals surface area contributed by atoms with Crippen molar-refractivity contribution in [3.8, 4) is 0 Å². The van der Waals surface area contributed by atoms with Crippen LogP contribution in [0.1, 0.15) is 12.8 Å². The zero-order valence-corrected chi connectivity index (χ0v) is 7.19. The minimum absolute atomic E-state index is 1.07. The maximum absolute atomic E-state index is 3.96. The standard InChI is InChI=1S/C6H7N.C4H7N/c1-2-7-5-3-4-6-7;1-2-4-5-3-1/h2-6H,1H2;3H,1-2,4H2. The highest BCUT2D eigenvalue weighted by Gasteiger charge is 1.85. The molecule has 2 heteroatoms. The van der Waals surface area contributed by atoms with Crippen molar-refractivity contribution in [3.05, 3.63) is 31.1 Å². The van der Waals surface area contributed by atoms with E-state index >= 15 is 0 Å². The minimum Gasteiger partial charge on any atom is -0.331 e. The van der Waals surface area contributed by atoms with E-state index in [2.05, 4.69) is 11.6 Å². The molecule has 1 aliphatic heterocycles. The van der Waals surface area contributed by atoms with Crippen LogP contribution >= 0.6 is 0 Å². The molecule has 1 aliphatic rings. The molecule has 0 atom stereocenters. The molecule has 1 aromatic rings. The Bertz CT molecular complexity index is 228. The second-order valence-corrected chi connectivity index (χ2v) is 2.54. The van der Waals surface area contributed by atoms with Crippen molar-refractivity contribution in [2.24, 2.45) is 4.99 Å². The van der Waals surface area contributed by atoms with Gasteiger partial charge in [-0.1, -0.05) is 6.58 Å². The number of rotatable bonds is 1. The predicted octanol–water partition coefficient (Wildman–Crippen LogP) is 2.44. The lowest BCUT2D eigenvalue weighted by atomic mass is 10.4. The van der Waals surface area contributed by atoms with Crippen molar-refractivity contribution >= 4 is 12.4 Å². The maximum Gasteiger partial charge on any atom is 0.0388 e. The normalized spacial score (nSPS) is 13.7. The first-order chi connectivity index (χ1) is 5.93. The average Bonchev–Trinajstić information content (AvgIpc) is 2.81. The molecule has 0 saturated carbocycles. The number of hydrogen-bond donors (Lipinski definition) is 0. The summed E-state index contributed by atoms with van der Waals surface area (Å²) in [5.41, 5.74) is 0. The first-order valence-electron chi connectivity index (χ1n) is 4.17. The van der Waals surface area contributed by atoms with E-state index in [1.165, 1.54) is 12.8 Å². The SMILES string of the molecule is C1=NCCC1.C=Cn1cccc1. The van der Waals surface area contributed by atoms with Gasteiger partial charge in [0.05, 0.1) is 0 Å². The Balaban J connectivity index is 0.000000127. The van der Waals surface area contributed by atoms with Crippen molar-refractivity contribution in [3.63, 3.8) is 0 Å². The second-order valence-electron chi connectivity index (χ2n) is 2.54. The van der Waals surface area contributed by atoms with Gasteiger partial charge in [0.1, 0.15) is 0 Å². The monoisotopic (exact) mass is 162 g/mol. The lowest BCUT2D eigenvalue weighted by Crippen LogP contribution is -1.72. The maximum atomic E-state index is 3.96. The first kappa shape index (κ1) is 8.78. The fourth-order valence-corrected chi connectivity index (χ4v) is 0.926. The van der Waals surface area contributed by atoms with E-state index in [0.29, 0.717) is 0 Å². The smallest absolute Gasteiger partial charge is 0.0388 e. The highest BCUT2D eigenvalue weighted by Crippen LogP contribution is 1.92. The van der Waals surface area contributed by atoms with Crippen LogP contribution in [0.5, 0.6) is 0 Å². The predicted molar refractivity (Wildman–Crippen MR) is 53.4 cm³/mol. The average molecular weight is 162 g/mol. The Morgan fingerprint density at radius 1 is 1.33 bits per heavy atom. The van der Waals surface area contributed by atoms with E-state index in [4.69, 9.17) is 0 Å². The third-order valence-corrected chi connectivity index (χ3v) is 1.59. The topological polar surface area (TPSA) is 17.3 Å². The van der Waals surface area contributed by atoms with Gasteiger partial charge in [0.2, 0.25) is 0 Å². The Kier molecular flexibility index (Phi) is 3.92. The number of aliphatic imine (C=N–C) groups is 1. The van der Waals surface area contributed by atoms with E-state index in [-0.39, 0.29) is 0 Å². The van der Waals surface area contributed by atoms with Gasteiger partial charge in [0.25, 0.3) is 0 Å². The molecule has 0 unspecified atom stereocenters. The van der Waals surface area contributed by atoms with Crippen molar-refractivity contribution in [2.45, 2.75) is 12.8 Å². The Morgan fingerprint density at radius 2 is 2.08 bits per heavy atom. The van der Waals surface area contributed by atoms with Gasteiger partial charge in [0, 0.05) is 25.1 Å². The highest BCUT2D eigenvalue weighted by atomic mass is 14.9. The lowest BCUT2D eigenvalue weighted by Gasteiger charge is -1.82. The van der Waals surface area contributed by atoms with E-state index in [9.17, 15) is 0 Å². The molecular weight excluding hydrogens is 148 g/mol. The molecule has 0 amide bonds. The third kappa shape index (κ3) is 3.19. The second kappa shape index (κ2) is 5.35. The highest BCUT2D eigenvalue weighted by molar-refractivity contribution is 5.58. The van der Waals surface area contributed by atoms with Gasteiger partial charge < -0.3 is 4.57 Å². The lowest BCUT2D eigenvalue weighted by molar-refractivity contribution is 0.952. The zero-order chi connectivity index (χ0) is 8.65. The van der Waals surface area contributed by atoms with E-state index < -0.39 is 0 Å². The van der Waals surface area contributed by atoms with Gasteiger partial charge in [-0.05, 0) is 31.2 Å². The van der Waals surface area contributed by atoms with Crippen molar-refractivity contribution in [1.29, 1.82) is 0 Å². The first-order valence-corrected chi connectivity index (χ1v) is 4.17. The zero-order valence-electron chi connectivity index (χ0n) is 7.19. The van der Waals surface area contributed by atoms with Crippen molar-refractivity contribution in [2.75, 3.05) is 6.54 Å². The molecule has 1 aromatic heterocycles. The van der Waals surface area contributed by atoms with Crippen LogP contribution in [0.25, 0.3) is 6.20 Å². The molecule has 64 valence electrons. The Morgan fingerprint density at radius 3 is 2.33 bits per heavy atom. The van der Waals surface area contributed by atoms with Crippen LogP contribution in [0, 0.1) is 0 Å². The Labute approximate surface area is 73.2 Å². The molecule has 2 heterocycles. The molecule has 0 fully saturated rings. The van der Waals surface area contributed by atoms with Crippen LogP contribution in [0.4, 0.5) is 0 Å². The summed E-state index contributed by atoms with van der Waals surface area (Å²) in [6, 6.07) is 3.92. The summed E-state index contributed by atoms with van der Waals surface area (Å²) in [5, 5.41) is 0. The summed E-state index contributed by atoms with van der Waals surface area (Å²) in [4.78, 5) is 3.96. The van der Waals surface area contributed by atoms with Crippen molar-refractivity contribution in [1.82, 2.24) is 4.57 Å². The van der Waals surface area contributed by atoms with Crippen LogP contribution < -0.4 is 0 Å². The van der Waals surface area contributed by atoms with Gasteiger partial charge in [-0.25, -0.2) is 0 Å². The summed E-state index contributed by atoms with van der Waals surface area (Å²) < 4.78 is 1.89. The molecule has 0 radical (unpaired) electrons. The minimum atomic E-state index is 1.07. The number of nitrogens with zero attached hydrogens (tertiary/aromatic N) is 2. The van der Waals surface area contributed by atoms with Gasteiger partial charge in [-0.15, -0.1) is 0 Å². The number of aromatic nitrogens is 1. The molecule has 12 heavy (non-hydrogen) atoms. The summed E-state index contributed by atoms with van der Waals surface area (Å²) in [5.74, 6) is 0. The van der Waals surface area contributed by atoms with Crippen molar-refractivity contribution < 1.29 is 0 Å². The molecule has 0 aliphatic carbocycles. The third-order valence-electron chi connectivity index (χ3n) is 1.59. The van der Waals surface area contributed by atoms with Gasteiger partial charge in [-0.2, -0.15) is 0 Å². The fourth-order valence-electron chi connectivity index (χ4n) is 0.926. The van der Waals surface area contributed by atoms with Crippen LogP contribution in [-0.2, 0) is 0 Å². The van der Waals surface area contributed by atoms with E-state index in [1.807, 2.05) is 35.3 Å². The van der Waals surface area contributed by atoms with E-state index in [1.54, 1.807) is 6.20 Å². The van der Waals surface area contributed by atoms with Gasteiger partial charge >= 0.3 is 0 Å². The molecule has 0 aromatic carbocycles. The summed E-state index contributed by atoms with van der Waals surface area (Å²) in [6.45, 7) is 4.64. The van der Waals surface area contributed by atoms with Crippen LogP contribution in [0.3, 0.4) is 0 Å². The largest absolute Gasteiger partial charge is 0.331 e. The van der Waals surface area contributed by atoms with Gasteiger partial charge in [0.15, 0.2) is 0 Å². The van der Waals surface area contributed by atoms with Crippen LogP contribution in [0.15, 0.2) is 36.1 Å². The van der Waals surface area contributed by atoms with Gasteiger partial charge in [-0.3, -0.25) is 4.99 Å². The quantitative estimate of drug-likeness (QED) is 0.603. The molecular formula is C10H14N2. The number of hydrogen-bond acceptors (Lipinski definition) is 1. The molecule has 0 bridgehead atoms. The van der Waals surface area contributed by atoms with Crippen LogP contribution in [-0.4, -0.2) is 17.3 Å². The van der Waals surface area contributed by atoms with Crippen LogP contribution in [0.2, 0.25) is 0 Å². The summed E-state index contributed by atoms with van der Waals surface area (Å²) in [7, 11) is 0. The fraction of sp³-hybridized carbons (Fsp3) is 0.300. The van der Waals surface area contributed by atoms with E-state index in [0.717, 1.165) is 6.54 Å². The molecule has 0 N–H and O–H groups in total. The molecule has 0 spiro atoms. The Hall–Kier alpha value is -1.31. The summed E-state index contributed by atoms with van der Waals surface area (Å²) >= 11 is 0. The summed E-state index contributed by atoms with van der Waals surface area (Å²) in [6.07, 6.45) is 10.1. The molecule has 0 saturated heterocycles. The molecule has 2 nitrogen and oxygen atoms in total. The molecule has 2 rings (SSSR count).